The first-order chi connectivity index (χ1) is 16.1. The highest BCUT2D eigenvalue weighted by atomic mass is 35.5. The Labute approximate surface area is 205 Å². The van der Waals surface area contributed by atoms with Gasteiger partial charge in [-0.15, -0.1) is 11.3 Å². The maximum Gasteiger partial charge on any atom is 0.121 e. The summed E-state index contributed by atoms with van der Waals surface area (Å²) in [7, 11) is 0. The van der Waals surface area contributed by atoms with Gasteiger partial charge in [0.25, 0.3) is 0 Å². The minimum atomic E-state index is -0.321. The summed E-state index contributed by atoms with van der Waals surface area (Å²) in [4.78, 5) is 0.959. The average molecular weight is 487 g/mol. The molecule has 1 N–H and O–H groups in total. The van der Waals surface area contributed by atoms with E-state index in [0.29, 0.717) is 17.6 Å². The Morgan fingerprint density at radius 1 is 0.939 bits per heavy atom. The lowest BCUT2D eigenvalue weighted by Gasteiger charge is -2.45. The third-order valence-corrected chi connectivity index (χ3v) is 7.75. The van der Waals surface area contributed by atoms with Gasteiger partial charge in [-0.05, 0) is 23.6 Å². The summed E-state index contributed by atoms with van der Waals surface area (Å²) < 4.78 is 20.3. The van der Waals surface area contributed by atoms with E-state index in [2.05, 4.69) is 38.1 Å². The fraction of sp³-hybridized carbons (Fsp3) is 0.407. The summed E-state index contributed by atoms with van der Waals surface area (Å²) in [6.45, 7) is 5.19. The second kappa shape index (κ2) is 11.6. The van der Waals surface area contributed by atoms with Crippen LogP contribution >= 0.6 is 22.9 Å². The summed E-state index contributed by atoms with van der Waals surface area (Å²) in [5, 5.41) is 9.68. The molecule has 0 radical (unpaired) electrons. The molecule has 2 aromatic carbocycles. The number of rotatable bonds is 9. The highest BCUT2D eigenvalue weighted by molar-refractivity contribution is 7.16. The maximum atomic E-state index is 9.68. The molecule has 0 spiro atoms. The van der Waals surface area contributed by atoms with Gasteiger partial charge in [-0.2, -0.15) is 0 Å². The van der Waals surface area contributed by atoms with Crippen molar-refractivity contribution in [2.24, 2.45) is 5.92 Å². The van der Waals surface area contributed by atoms with E-state index < -0.39 is 0 Å². The molecule has 3 aromatic rings. The van der Waals surface area contributed by atoms with Crippen LogP contribution in [0.3, 0.4) is 0 Å². The third-order valence-electron chi connectivity index (χ3n) is 6.25. The topological polar surface area (TPSA) is 47.9 Å². The number of benzene rings is 2. The molecule has 0 unspecified atom stereocenters. The molecule has 0 bridgehead atoms. The van der Waals surface area contributed by atoms with Gasteiger partial charge in [0, 0.05) is 16.4 Å². The number of ether oxygens (including phenoxy) is 3. The Morgan fingerprint density at radius 3 is 2.03 bits per heavy atom. The third kappa shape index (κ3) is 5.86. The van der Waals surface area contributed by atoms with Crippen molar-refractivity contribution in [2.75, 3.05) is 0 Å². The number of hydrogen-bond acceptors (Lipinski definition) is 5. The zero-order chi connectivity index (χ0) is 23.2. The van der Waals surface area contributed by atoms with Gasteiger partial charge in [0.1, 0.15) is 12.2 Å². The minimum absolute atomic E-state index is 0.0331. The number of hydrogen-bond donors (Lipinski definition) is 1. The summed E-state index contributed by atoms with van der Waals surface area (Å²) in [5.41, 5.74) is 2.95. The fourth-order valence-electron chi connectivity index (χ4n) is 4.41. The van der Waals surface area contributed by atoms with Gasteiger partial charge in [0.2, 0.25) is 0 Å². The zero-order valence-electron chi connectivity index (χ0n) is 19.0. The first-order valence-corrected chi connectivity index (χ1v) is 12.7. The monoisotopic (exact) mass is 486 g/mol. The van der Waals surface area contributed by atoms with Crippen LogP contribution in [-0.4, -0.2) is 23.4 Å². The second-order valence-corrected chi connectivity index (χ2v) is 10.2. The Balaban J connectivity index is 1.63. The molecule has 2 heterocycles. The van der Waals surface area contributed by atoms with Gasteiger partial charge in [0.05, 0.1) is 36.4 Å². The van der Waals surface area contributed by atoms with Gasteiger partial charge >= 0.3 is 0 Å². The van der Waals surface area contributed by atoms with Crippen molar-refractivity contribution < 1.29 is 19.3 Å². The number of halogens is 1. The molecule has 1 aliphatic heterocycles. The van der Waals surface area contributed by atoms with E-state index in [1.54, 1.807) is 0 Å². The molecular formula is C27H31ClO4S. The average Bonchev–Trinajstić information content (AvgIpc) is 3.23. The van der Waals surface area contributed by atoms with Crippen LogP contribution in [0.5, 0.6) is 0 Å². The van der Waals surface area contributed by atoms with E-state index in [0.717, 1.165) is 28.0 Å². The van der Waals surface area contributed by atoms with Crippen LogP contribution in [0, 0.1) is 5.92 Å². The van der Waals surface area contributed by atoms with Crippen molar-refractivity contribution in [1.82, 2.24) is 0 Å². The van der Waals surface area contributed by atoms with Gasteiger partial charge in [-0.1, -0.05) is 86.1 Å². The van der Waals surface area contributed by atoms with Crippen molar-refractivity contribution in [2.45, 2.75) is 64.5 Å². The van der Waals surface area contributed by atoms with Crippen LogP contribution in [0.25, 0.3) is 0 Å². The Hall–Kier alpha value is -1.73. The van der Waals surface area contributed by atoms with Crippen LogP contribution in [0.2, 0.25) is 4.34 Å². The van der Waals surface area contributed by atoms with Gasteiger partial charge in [0.15, 0.2) is 0 Å². The Bertz CT molecular complexity index is 994. The number of aliphatic hydroxyl groups is 1. The summed E-state index contributed by atoms with van der Waals surface area (Å²) >= 11 is 7.84. The van der Waals surface area contributed by atoms with Crippen molar-refractivity contribution in [3.8, 4) is 0 Å². The lowest BCUT2D eigenvalue weighted by atomic mass is 9.86. The van der Waals surface area contributed by atoms with Crippen LogP contribution in [0.1, 0.15) is 47.9 Å². The van der Waals surface area contributed by atoms with E-state index in [1.807, 2.05) is 42.5 Å². The second-order valence-electron chi connectivity index (χ2n) is 8.49. The predicted octanol–water partition coefficient (Wildman–Crippen LogP) is 6.55. The molecule has 33 heavy (non-hydrogen) atoms. The molecular weight excluding hydrogens is 456 g/mol. The van der Waals surface area contributed by atoms with E-state index in [9.17, 15) is 5.11 Å². The van der Waals surface area contributed by atoms with E-state index in [1.165, 1.54) is 11.3 Å². The quantitative estimate of drug-likeness (QED) is 0.372. The standard InChI is InChI=1S/C27H31ClO4S/c1-3-22-18(2)24(30-16-19-10-6-4-7-11-19)26(31-17-20-12-8-5-9-13-20)25(32-22)23-14-21(15-29)27(28)33-23/h4-14,18,22,24-26,29H,3,15-17H2,1-2H3/t18-,22-,24+,25+,26-/m1/s1. The van der Waals surface area contributed by atoms with Gasteiger partial charge in [-0.3, -0.25) is 0 Å². The largest absolute Gasteiger partial charge is 0.392 e. The molecule has 1 saturated heterocycles. The highest BCUT2D eigenvalue weighted by Crippen LogP contribution is 2.44. The maximum absolute atomic E-state index is 9.68. The Morgan fingerprint density at radius 2 is 1.52 bits per heavy atom. The molecule has 0 amide bonds. The first kappa shape index (κ1) is 24.4. The van der Waals surface area contributed by atoms with Gasteiger partial charge < -0.3 is 19.3 Å². The zero-order valence-corrected chi connectivity index (χ0v) is 20.6. The minimum Gasteiger partial charge on any atom is -0.392 e. The van der Waals surface area contributed by atoms with E-state index >= 15 is 0 Å². The lowest BCUT2D eigenvalue weighted by molar-refractivity contribution is -0.234. The van der Waals surface area contributed by atoms with Crippen molar-refractivity contribution >= 4 is 22.9 Å². The molecule has 0 saturated carbocycles. The normalized spacial score (nSPS) is 25.3. The SMILES string of the molecule is CC[C@H]1O[C@@H](c2cc(CO)c(Cl)s2)[C@H](OCc2ccccc2)[C@@H](OCc2ccccc2)[C@@H]1C. The smallest absolute Gasteiger partial charge is 0.121 e. The van der Waals surface area contributed by atoms with E-state index in [-0.39, 0.29) is 36.9 Å². The summed E-state index contributed by atoms with van der Waals surface area (Å²) in [5.74, 6) is 0.156. The molecule has 6 heteroatoms. The first-order valence-electron chi connectivity index (χ1n) is 11.5. The number of thiophene rings is 1. The van der Waals surface area contributed by atoms with Crippen LogP contribution in [0.4, 0.5) is 0 Å². The van der Waals surface area contributed by atoms with Crippen molar-refractivity contribution in [3.63, 3.8) is 0 Å². The summed E-state index contributed by atoms with van der Waals surface area (Å²) in [6.07, 6.45) is 0.119. The van der Waals surface area contributed by atoms with Crippen LogP contribution in [0.15, 0.2) is 66.7 Å². The lowest BCUT2D eigenvalue weighted by Crippen LogP contribution is -2.51. The van der Waals surface area contributed by atoms with Crippen LogP contribution in [-0.2, 0) is 34.0 Å². The molecule has 176 valence electrons. The Kier molecular flexibility index (Phi) is 8.58. The van der Waals surface area contributed by atoms with E-state index in [4.69, 9.17) is 25.8 Å². The van der Waals surface area contributed by atoms with Gasteiger partial charge in [-0.25, -0.2) is 0 Å². The van der Waals surface area contributed by atoms with Crippen LogP contribution < -0.4 is 0 Å². The summed E-state index contributed by atoms with van der Waals surface area (Å²) in [6, 6.07) is 22.3. The molecule has 4 nitrogen and oxygen atoms in total. The molecule has 5 atom stereocenters. The molecule has 1 fully saturated rings. The molecule has 4 rings (SSSR count). The van der Waals surface area contributed by atoms with Crippen molar-refractivity contribution in [1.29, 1.82) is 0 Å². The van der Waals surface area contributed by atoms with Crippen molar-refractivity contribution in [3.05, 3.63) is 92.6 Å². The fourth-order valence-corrected chi connectivity index (χ4v) is 5.76. The molecule has 1 aliphatic rings. The molecule has 1 aromatic heterocycles. The number of aliphatic hydroxyl groups excluding tert-OH is 1. The predicted molar refractivity (Wildman–Crippen MR) is 132 cm³/mol. The molecule has 0 aliphatic carbocycles. The highest BCUT2D eigenvalue weighted by Gasteiger charge is 2.46.